The minimum absolute atomic E-state index is 0.239. The average molecular weight is 405 g/mol. The number of benzene rings is 1. The van der Waals surface area contributed by atoms with Gasteiger partial charge in [0.1, 0.15) is 10.0 Å². The fourth-order valence-corrected chi connectivity index (χ4v) is 4.48. The minimum atomic E-state index is -3.60. The van der Waals surface area contributed by atoms with E-state index in [1.54, 1.807) is 52.7 Å². The van der Waals surface area contributed by atoms with Gasteiger partial charge in [-0.1, -0.05) is 19.9 Å². The summed E-state index contributed by atoms with van der Waals surface area (Å²) in [5, 5.41) is 8.74. The van der Waals surface area contributed by atoms with Crippen molar-refractivity contribution in [2.75, 3.05) is 10.0 Å². The van der Waals surface area contributed by atoms with Crippen LogP contribution in [0.2, 0.25) is 0 Å². The van der Waals surface area contributed by atoms with Crippen LogP contribution in [-0.2, 0) is 16.6 Å². The number of hydrogen-bond acceptors (Lipinski definition) is 5. The quantitative estimate of drug-likeness (QED) is 0.628. The molecule has 0 bridgehead atoms. The maximum atomic E-state index is 12.4. The topological polar surface area (TPSA) is 93.1 Å². The number of amides is 1. The van der Waals surface area contributed by atoms with Gasteiger partial charge in [-0.2, -0.15) is 5.10 Å². The third-order valence-corrected chi connectivity index (χ3v) is 6.43. The van der Waals surface area contributed by atoms with Crippen LogP contribution in [0, 0.1) is 5.92 Å². The Labute approximate surface area is 162 Å². The molecule has 0 aliphatic carbocycles. The van der Waals surface area contributed by atoms with E-state index in [2.05, 4.69) is 29.0 Å². The molecule has 7 nitrogen and oxygen atoms in total. The molecule has 1 aromatic carbocycles. The van der Waals surface area contributed by atoms with E-state index < -0.39 is 10.0 Å². The van der Waals surface area contributed by atoms with Gasteiger partial charge in [-0.05, 0) is 41.6 Å². The van der Waals surface area contributed by atoms with Crippen molar-refractivity contribution in [1.82, 2.24) is 9.78 Å². The van der Waals surface area contributed by atoms with Crippen molar-refractivity contribution in [1.29, 1.82) is 0 Å². The molecular formula is C18H20N4O3S2. The van der Waals surface area contributed by atoms with Crippen LogP contribution in [0.3, 0.4) is 0 Å². The van der Waals surface area contributed by atoms with Crippen LogP contribution in [0.5, 0.6) is 0 Å². The van der Waals surface area contributed by atoms with Gasteiger partial charge in [0, 0.05) is 23.9 Å². The Bertz CT molecular complexity index is 1010. The molecule has 3 rings (SSSR count). The van der Waals surface area contributed by atoms with Crippen molar-refractivity contribution in [3.05, 3.63) is 59.6 Å². The van der Waals surface area contributed by atoms with Crippen molar-refractivity contribution in [2.24, 2.45) is 5.92 Å². The summed E-state index contributed by atoms with van der Waals surface area (Å²) < 4.78 is 28.9. The fraction of sp³-hybridized carbons (Fsp3) is 0.222. The van der Waals surface area contributed by atoms with Crippen molar-refractivity contribution >= 4 is 38.8 Å². The number of rotatable bonds is 7. The number of aromatic nitrogens is 2. The number of carbonyl (C=O) groups is 1. The van der Waals surface area contributed by atoms with Crippen LogP contribution in [0.4, 0.5) is 11.5 Å². The van der Waals surface area contributed by atoms with Gasteiger partial charge in [0.2, 0.25) is 0 Å². The molecule has 0 spiro atoms. The molecule has 1 amide bonds. The first kappa shape index (κ1) is 19.1. The van der Waals surface area contributed by atoms with E-state index in [1.807, 2.05) is 0 Å². The second-order valence-electron chi connectivity index (χ2n) is 6.36. The molecule has 0 radical (unpaired) electrons. The number of carbonyl (C=O) groups excluding carboxylic acids is 1. The lowest BCUT2D eigenvalue weighted by Crippen LogP contribution is -2.17. The first-order valence-corrected chi connectivity index (χ1v) is 10.7. The number of hydrogen-bond donors (Lipinski definition) is 2. The fourth-order valence-electron chi connectivity index (χ4n) is 2.43. The first-order chi connectivity index (χ1) is 12.8. The molecule has 9 heteroatoms. The van der Waals surface area contributed by atoms with Gasteiger partial charge in [-0.15, -0.1) is 11.3 Å². The molecule has 2 N–H and O–H groups in total. The molecule has 0 unspecified atom stereocenters. The number of sulfonamides is 1. The minimum Gasteiger partial charge on any atom is -0.307 e. The number of anilines is 2. The molecule has 0 fully saturated rings. The molecule has 0 aliphatic rings. The van der Waals surface area contributed by atoms with Crippen molar-refractivity contribution in [3.8, 4) is 0 Å². The second-order valence-corrected chi connectivity index (χ2v) is 9.22. The van der Waals surface area contributed by atoms with Crippen LogP contribution >= 0.6 is 11.3 Å². The highest BCUT2D eigenvalue weighted by Crippen LogP contribution is 2.21. The Morgan fingerprint density at radius 1 is 1.19 bits per heavy atom. The normalized spacial score (nSPS) is 11.5. The van der Waals surface area contributed by atoms with Crippen molar-refractivity contribution < 1.29 is 13.2 Å². The van der Waals surface area contributed by atoms with E-state index in [0.717, 1.165) is 11.3 Å². The zero-order valence-corrected chi connectivity index (χ0v) is 16.5. The molecule has 0 atom stereocenters. The number of nitrogens with zero attached hydrogens (tertiary/aromatic N) is 2. The lowest BCUT2D eigenvalue weighted by Gasteiger charge is -2.11. The molecule has 2 heterocycles. The molecule has 0 aliphatic heterocycles. The smallest absolute Gasteiger partial charge is 0.271 e. The summed E-state index contributed by atoms with van der Waals surface area (Å²) in [5.74, 6) is 0.737. The van der Waals surface area contributed by atoms with Crippen LogP contribution in [0.25, 0.3) is 0 Å². The van der Waals surface area contributed by atoms with Crippen LogP contribution in [0.1, 0.15) is 24.2 Å². The average Bonchev–Trinajstić information content (AvgIpc) is 3.28. The lowest BCUT2D eigenvalue weighted by atomic mass is 10.2. The maximum Gasteiger partial charge on any atom is 0.271 e. The Kier molecular flexibility index (Phi) is 5.62. The number of nitrogens with one attached hydrogen (secondary N) is 2. The van der Waals surface area contributed by atoms with E-state index in [1.165, 1.54) is 6.07 Å². The third-order valence-electron chi connectivity index (χ3n) is 3.66. The highest BCUT2D eigenvalue weighted by molar-refractivity contribution is 7.94. The van der Waals surface area contributed by atoms with Crippen molar-refractivity contribution in [3.63, 3.8) is 0 Å². The van der Waals surface area contributed by atoms with E-state index in [4.69, 9.17) is 0 Å². The summed E-state index contributed by atoms with van der Waals surface area (Å²) in [6.45, 7) is 4.85. The molecule has 142 valence electrons. The predicted molar refractivity (Wildman–Crippen MR) is 107 cm³/mol. The van der Waals surface area contributed by atoms with Crippen LogP contribution in [0.15, 0.2) is 58.3 Å². The Morgan fingerprint density at radius 3 is 2.56 bits per heavy atom. The van der Waals surface area contributed by atoms with Gasteiger partial charge in [0.15, 0.2) is 0 Å². The Hall–Kier alpha value is -2.65. The summed E-state index contributed by atoms with van der Waals surface area (Å²) in [4.78, 5) is 12.4. The standard InChI is InChI=1S/C18H20N4O3S2/c1-13(2)12-22-16(9-10-19-22)20-18(23)14-5-7-15(8-6-14)21-27(24,25)17-4-3-11-26-17/h3-11,13,21H,12H2,1-2H3,(H,20,23). The summed E-state index contributed by atoms with van der Waals surface area (Å²) in [5.41, 5.74) is 0.816. The van der Waals surface area contributed by atoms with Gasteiger partial charge in [-0.25, -0.2) is 13.1 Å². The van der Waals surface area contributed by atoms with Gasteiger partial charge < -0.3 is 5.32 Å². The summed E-state index contributed by atoms with van der Waals surface area (Å²) in [6, 6.07) is 11.2. The monoisotopic (exact) mass is 404 g/mol. The number of thiophene rings is 1. The highest BCUT2D eigenvalue weighted by Gasteiger charge is 2.16. The molecular weight excluding hydrogens is 384 g/mol. The van der Waals surface area contributed by atoms with Gasteiger partial charge in [0.25, 0.3) is 15.9 Å². The maximum absolute atomic E-state index is 12.4. The zero-order chi connectivity index (χ0) is 19.4. The van der Waals surface area contributed by atoms with E-state index in [9.17, 15) is 13.2 Å². The third kappa shape index (κ3) is 4.75. The summed E-state index contributed by atoms with van der Waals surface area (Å²) in [7, 11) is -3.60. The van der Waals surface area contributed by atoms with E-state index in [-0.39, 0.29) is 10.1 Å². The highest BCUT2D eigenvalue weighted by atomic mass is 32.2. The van der Waals surface area contributed by atoms with Crippen LogP contribution < -0.4 is 10.0 Å². The molecule has 2 aromatic heterocycles. The Morgan fingerprint density at radius 2 is 1.93 bits per heavy atom. The molecule has 0 saturated heterocycles. The first-order valence-electron chi connectivity index (χ1n) is 8.35. The summed E-state index contributed by atoms with van der Waals surface area (Å²) >= 11 is 1.14. The second kappa shape index (κ2) is 7.93. The van der Waals surface area contributed by atoms with Crippen molar-refractivity contribution in [2.45, 2.75) is 24.6 Å². The van der Waals surface area contributed by atoms with E-state index >= 15 is 0 Å². The van der Waals surface area contributed by atoms with Gasteiger partial charge in [-0.3, -0.25) is 9.52 Å². The molecule has 0 saturated carbocycles. The zero-order valence-electron chi connectivity index (χ0n) is 14.9. The van der Waals surface area contributed by atoms with Gasteiger partial charge in [0.05, 0.1) is 6.20 Å². The Balaban J connectivity index is 1.68. The predicted octanol–water partition coefficient (Wildman–Crippen LogP) is 3.65. The molecule has 27 heavy (non-hydrogen) atoms. The SMILES string of the molecule is CC(C)Cn1nccc1NC(=O)c1ccc(NS(=O)(=O)c2cccs2)cc1. The molecule has 3 aromatic rings. The summed E-state index contributed by atoms with van der Waals surface area (Å²) in [6.07, 6.45) is 1.64. The van der Waals surface area contributed by atoms with E-state index in [0.29, 0.717) is 29.5 Å². The van der Waals surface area contributed by atoms with Crippen LogP contribution in [-0.4, -0.2) is 24.1 Å². The largest absolute Gasteiger partial charge is 0.307 e. The van der Waals surface area contributed by atoms with Gasteiger partial charge >= 0.3 is 0 Å². The lowest BCUT2D eigenvalue weighted by molar-refractivity contribution is 0.102.